The lowest BCUT2D eigenvalue weighted by molar-refractivity contribution is -0.132. The fraction of sp³-hybridized carbons (Fsp3) is 0.700. The van der Waals surface area contributed by atoms with E-state index in [-0.39, 0.29) is 11.0 Å². The van der Waals surface area contributed by atoms with Gasteiger partial charge in [0, 0.05) is 11.6 Å². The number of hydrogen-bond acceptors (Lipinski definition) is 2. The first kappa shape index (κ1) is 14.7. The van der Waals surface area contributed by atoms with Gasteiger partial charge in [0.05, 0.1) is 0 Å². The van der Waals surface area contributed by atoms with Crippen molar-refractivity contribution in [2.75, 3.05) is 0 Å². The molecule has 3 heteroatoms. The lowest BCUT2D eigenvalue weighted by atomic mass is 9.89. The van der Waals surface area contributed by atoms with Gasteiger partial charge in [0.15, 0.2) is 0 Å². The number of carboxylic acids is 1. The smallest absolute Gasteiger partial charge is 0.330 e. The first-order valence-electron chi connectivity index (χ1n) is 4.23. The number of carbonyl (C=O) groups is 1. The topological polar surface area (TPSA) is 63.3 Å². The maximum Gasteiger partial charge on any atom is 0.330 e. The zero-order valence-corrected chi connectivity index (χ0v) is 9.22. The van der Waals surface area contributed by atoms with Gasteiger partial charge in [0.1, 0.15) is 0 Å². The van der Waals surface area contributed by atoms with Gasteiger partial charge in [-0.05, 0) is 19.3 Å². The quantitative estimate of drug-likeness (QED) is 0.617. The molecule has 0 saturated heterocycles. The number of hydrogen-bond donors (Lipinski definition) is 2. The Labute approximate surface area is 80.6 Å². The van der Waals surface area contributed by atoms with Gasteiger partial charge in [-0.1, -0.05) is 27.4 Å². The number of nitrogens with two attached hydrogens (primary N) is 1. The summed E-state index contributed by atoms with van der Waals surface area (Å²) in [5.74, 6) is -0.935. The third-order valence-electron chi connectivity index (χ3n) is 1.73. The minimum Gasteiger partial charge on any atom is -0.478 e. The second-order valence-corrected chi connectivity index (χ2v) is 4.24. The normalized spacial score (nSPS) is 12.5. The molecule has 0 spiro atoms. The second-order valence-electron chi connectivity index (χ2n) is 4.24. The van der Waals surface area contributed by atoms with Gasteiger partial charge in [-0.15, -0.1) is 0 Å². The predicted molar refractivity (Wildman–Crippen MR) is 55.6 cm³/mol. The fourth-order valence-electron chi connectivity index (χ4n) is 0. The van der Waals surface area contributed by atoms with Crippen molar-refractivity contribution >= 4 is 5.97 Å². The molecule has 0 bridgehead atoms. The molecule has 0 radical (unpaired) electrons. The molecule has 1 atom stereocenters. The second kappa shape index (κ2) is 5.75. The molecular weight excluding hydrogens is 166 g/mol. The van der Waals surface area contributed by atoms with Gasteiger partial charge in [0.25, 0.3) is 0 Å². The molecule has 0 aromatic carbocycles. The lowest BCUT2D eigenvalue weighted by Gasteiger charge is -2.22. The highest BCUT2D eigenvalue weighted by atomic mass is 16.4. The van der Waals surface area contributed by atoms with E-state index in [4.69, 9.17) is 10.8 Å². The van der Waals surface area contributed by atoms with Gasteiger partial charge in [0.2, 0.25) is 0 Å². The number of aliphatic carboxylic acids is 1. The molecule has 0 saturated carbocycles. The van der Waals surface area contributed by atoms with Crippen LogP contribution < -0.4 is 5.73 Å². The van der Waals surface area contributed by atoms with Crippen molar-refractivity contribution in [3.63, 3.8) is 0 Å². The first-order chi connectivity index (χ1) is 5.59. The molecule has 3 N–H and O–H groups in total. The van der Waals surface area contributed by atoms with Crippen LogP contribution in [0, 0.1) is 5.41 Å². The van der Waals surface area contributed by atoms with Gasteiger partial charge in [-0.2, -0.15) is 0 Å². The first-order valence-corrected chi connectivity index (χ1v) is 4.23. The Kier molecular flexibility index (Phi) is 6.50. The van der Waals surface area contributed by atoms with Crippen molar-refractivity contribution in [2.45, 2.75) is 40.7 Å². The highest BCUT2D eigenvalue weighted by molar-refractivity contribution is 5.84. The maximum atomic E-state index is 9.60. The standard InChI is InChI=1S/C6H15N.C4H6O2/c1-5(7)6(2,3)4;1-3(2)4(5)6/h5H,7H2,1-4H3;1H2,2H3,(H,5,6). The molecule has 0 aliphatic heterocycles. The van der Waals surface area contributed by atoms with Crippen LogP contribution in [-0.2, 0) is 4.79 Å². The summed E-state index contributed by atoms with van der Waals surface area (Å²) in [5, 5.41) is 7.89. The molecule has 13 heavy (non-hydrogen) atoms. The summed E-state index contributed by atoms with van der Waals surface area (Å²) in [6, 6.07) is 0.299. The summed E-state index contributed by atoms with van der Waals surface area (Å²) >= 11 is 0. The van der Waals surface area contributed by atoms with Crippen LogP contribution in [0.1, 0.15) is 34.6 Å². The zero-order valence-electron chi connectivity index (χ0n) is 9.22. The minimum atomic E-state index is -0.935. The molecule has 0 aliphatic carbocycles. The Bertz CT molecular complexity index is 166. The summed E-state index contributed by atoms with van der Waals surface area (Å²) < 4.78 is 0. The third kappa shape index (κ3) is 11.2. The summed E-state index contributed by atoms with van der Waals surface area (Å²) in [7, 11) is 0. The SMILES string of the molecule is C=C(C)C(=O)O.CC(N)C(C)(C)C. The summed E-state index contributed by atoms with van der Waals surface area (Å²) in [5.41, 5.74) is 6.02. The van der Waals surface area contributed by atoms with E-state index in [0.717, 1.165) is 0 Å². The van der Waals surface area contributed by atoms with Crippen LogP contribution in [0.3, 0.4) is 0 Å². The highest BCUT2D eigenvalue weighted by Crippen LogP contribution is 2.15. The largest absolute Gasteiger partial charge is 0.478 e. The van der Waals surface area contributed by atoms with Gasteiger partial charge < -0.3 is 10.8 Å². The van der Waals surface area contributed by atoms with Crippen molar-refractivity contribution in [1.82, 2.24) is 0 Å². The van der Waals surface area contributed by atoms with E-state index in [2.05, 4.69) is 27.4 Å². The molecule has 0 rings (SSSR count). The molecule has 0 aliphatic rings. The molecule has 0 aromatic heterocycles. The molecule has 0 fully saturated rings. The van der Waals surface area contributed by atoms with E-state index in [1.165, 1.54) is 6.92 Å². The van der Waals surface area contributed by atoms with Crippen LogP contribution >= 0.6 is 0 Å². The molecule has 3 nitrogen and oxygen atoms in total. The molecule has 0 aromatic rings. The van der Waals surface area contributed by atoms with Crippen molar-refractivity contribution in [3.05, 3.63) is 12.2 Å². The van der Waals surface area contributed by atoms with E-state index in [9.17, 15) is 4.79 Å². The fourth-order valence-corrected chi connectivity index (χ4v) is 0. The Morgan fingerprint density at radius 3 is 1.62 bits per heavy atom. The monoisotopic (exact) mass is 187 g/mol. The van der Waals surface area contributed by atoms with Crippen molar-refractivity contribution in [2.24, 2.45) is 11.1 Å². The van der Waals surface area contributed by atoms with Crippen LogP contribution in [0.2, 0.25) is 0 Å². The van der Waals surface area contributed by atoms with Gasteiger partial charge >= 0.3 is 5.97 Å². The third-order valence-corrected chi connectivity index (χ3v) is 1.73. The molecule has 1 unspecified atom stereocenters. The van der Waals surface area contributed by atoms with E-state index in [1.807, 2.05) is 6.92 Å². The van der Waals surface area contributed by atoms with Crippen LogP contribution in [0.15, 0.2) is 12.2 Å². The highest BCUT2D eigenvalue weighted by Gasteiger charge is 2.14. The zero-order chi connectivity index (χ0) is 11.2. The van der Waals surface area contributed by atoms with Crippen LogP contribution in [-0.4, -0.2) is 17.1 Å². The van der Waals surface area contributed by atoms with Crippen LogP contribution in [0.4, 0.5) is 0 Å². The summed E-state index contributed by atoms with van der Waals surface area (Å²) in [4.78, 5) is 9.60. The predicted octanol–water partition coefficient (Wildman–Crippen LogP) is 2.03. The van der Waals surface area contributed by atoms with Crippen molar-refractivity contribution in [1.29, 1.82) is 0 Å². The van der Waals surface area contributed by atoms with Gasteiger partial charge in [-0.25, -0.2) is 4.79 Å². The van der Waals surface area contributed by atoms with Gasteiger partial charge in [-0.3, -0.25) is 0 Å². The van der Waals surface area contributed by atoms with E-state index >= 15 is 0 Å². The number of carboxylic acid groups (broad SMARTS) is 1. The minimum absolute atomic E-state index is 0.176. The Hall–Kier alpha value is -0.830. The molecular formula is C10H21NO2. The van der Waals surface area contributed by atoms with E-state index < -0.39 is 5.97 Å². The maximum absolute atomic E-state index is 9.60. The summed E-state index contributed by atoms with van der Waals surface area (Å²) in [6.07, 6.45) is 0. The van der Waals surface area contributed by atoms with Crippen LogP contribution in [0.5, 0.6) is 0 Å². The van der Waals surface area contributed by atoms with Crippen molar-refractivity contribution in [3.8, 4) is 0 Å². The lowest BCUT2D eigenvalue weighted by Crippen LogP contribution is -2.31. The summed E-state index contributed by atoms with van der Waals surface area (Å²) in [6.45, 7) is 13.0. The number of rotatable bonds is 1. The molecule has 78 valence electrons. The van der Waals surface area contributed by atoms with Crippen LogP contribution in [0.25, 0.3) is 0 Å². The Morgan fingerprint density at radius 1 is 1.46 bits per heavy atom. The molecule has 0 heterocycles. The average Bonchev–Trinajstić information content (AvgIpc) is 1.86. The average molecular weight is 187 g/mol. The Balaban J connectivity index is 0. The molecule has 0 amide bonds. The van der Waals surface area contributed by atoms with Crippen molar-refractivity contribution < 1.29 is 9.90 Å². The Morgan fingerprint density at radius 2 is 1.62 bits per heavy atom. The van der Waals surface area contributed by atoms with E-state index in [0.29, 0.717) is 6.04 Å². The van der Waals surface area contributed by atoms with E-state index in [1.54, 1.807) is 0 Å².